The molecule has 0 aromatic heterocycles. The second-order valence-electron chi connectivity index (χ2n) is 5.00. The smallest absolute Gasteiger partial charge is 0.266 e. The molecule has 2 aromatic carbocycles. The Labute approximate surface area is 133 Å². The van der Waals surface area contributed by atoms with Crippen LogP contribution in [-0.2, 0) is 4.79 Å². The number of nitrogens with two attached hydrogens (primary N) is 1. The first-order valence-electron chi connectivity index (χ1n) is 7.07. The molecule has 0 saturated carbocycles. The van der Waals surface area contributed by atoms with E-state index < -0.39 is 5.91 Å². The quantitative estimate of drug-likeness (QED) is 0.263. The molecule has 3 rings (SSSR count). The van der Waals surface area contributed by atoms with Crippen LogP contribution in [0.2, 0.25) is 0 Å². The first kappa shape index (κ1) is 14.8. The molecule has 0 saturated heterocycles. The maximum atomic E-state index is 12.5. The minimum Gasteiger partial charge on any atom is -0.364 e. The van der Waals surface area contributed by atoms with Crippen molar-refractivity contribution in [2.75, 3.05) is 4.90 Å². The van der Waals surface area contributed by atoms with Crippen LogP contribution in [0.3, 0.4) is 0 Å². The van der Waals surface area contributed by atoms with Gasteiger partial charge in [-0.1, -0.05) is 42.5 Å². The van der Waals surface area contributed by atoms with Crippen LogP contribution in [0, 0.1) is 11.5 Å². The molecule has 1 heterocycles. The highest BCUT2D eigenvalue weighted by molar-refractivity contribution is 6.07. The van der Waals surface area contributed by atoms with Crippen LogP contribution in [0.15, 0.2) is 60.7 Å². The number of nitrogens with one attached hydrogen (secondary N) is 2. The van der Waals surface area contributed by atoms with Gasteiger partial charge < -0.3 is 5.32 Å². The van der Waals surface area contributed by atoms with E-state index >= 15 is 0 Å². The highest BCUT2D eigenvalue weighted by Crippen LogP contribution is 2.30. The molecule has 0 aliphatic carbocycles. The number of fused-ring (bicyclic) bond motifs is 1. The summed E-state index contributed by atoms with van der Waals surface area (Å²) in [4.78, 5) is 13.5. The molecule has 1 aliphatic rings. The van der Waals surface area contributed by atoms with E-state index in [2.05, 4.69) is 10.7 Å². The lowest BCUT2D eigenvalue weighted by atomic mass is 10.1. The van der Waals surface area contributed by atoms with Crippen molar-refractivity contribution in [3.63, 3.8) is 0 Å². The molecule has 6 nitrogen and oxygen atoms in total. The summed E-state index contributed by atoms with van der Waals surface area (Å²) in [5.41, 5.74) is 5.65. The monoisotopic (exact) mass is 305 g/mol. The van der Waals surface area contributed by atoms with Gasteiger partial charge in [0.15, 0.2) is 6.19 Å². The molecule has 1 aliphatic heterocycles. The highest BCUT2D eigenvalue weighted by Gasteiger charge is 2.25. The van der Waals surface area contributed by atoms with Gasteiger partial charge in [0.25, 0.3) is 5.91 Å². The van der Waals surface area contributed by atoms with Crippen molar-refractivity contribution >= 4 is 17.3 Å². The molecule has 114 valence electrons. The molecular formula is C17H15N5O. The van der Waals surface area contributed by atoms with Crippen molar-refractivity contribution in [1.29, 1.82) is 5.26 Å². The second-order valence-corrected chi connectivity index (χ2v) is 5.00. The zero-order valence-corrected chi connectivity index (χ0v) is 12.2. The lowest BCUT2D eigenvalue weighted by molar-refractivity contribution is -0.113. The van der Waals surface area contributed by atoms with Gasteiger partial charge in [-0.3, -0.25) is 10.6 Å². The number of carbonyl (C=O) groups excluding carboxylic acids is 1. The molecule has 1 unspecified atom stereocenters. The number of amides is 1. The lowest BCUT2D eigenvalue weighted by Gasteiger charge is -2.13. The van der Waals surface area contributed by atoms with E-state index in [-0.39, 0.29) is 6.17 Å². The van der Waals surface area contributed by atoms with Gasteiger partial charge >= 0.3 is 0 Å². The minimum absolute atomic E-state index is 0.266. The van der Waals surface area contributed by atoms with E-state index in [9.17, 15) is 10.1 Å². The van der Waals surface area contributed by atoms with Gasteiger partial charge in [-0.25, -0.2) is 10.3 Å². The standard InChI is InChI=1S/C17H15N5O/c18-11-22(12-6-2-1-3-7-12)16(23)10-15-13-8-4-5-9-14(13)17(20-15)21-19/h1-10,17,20-21H,19H2/b15-10-. The number of para-hydroxylation sites is 1. The molecule has 1 atom stereocenters. The number of hydrogen-bond donors (Lipinski definition) is 3. The Morgan fingerprint density at radius 2 is 1.91 bits per heavy atom. The van der Waals surface area contributed by atoms with Gasteiger partial charge in [0.05, 0.1) is 5.69 Å². The summed E-state index contributed by atoms with van der Waals surface area (Å²) < 4.78 is 0. The fourth-order valence-electron chi connectivity index (χ4n) is 2.56. The van der Waals surface area contributed by atoms with Crippen LogP contribution >= 0.6 is 0 Å². The lowest BCUT2D eigenvalue weighted by Crippen LogP contribution is -2.34. The fourth-order valence-corrected chi connectivity index (χ4v) is 2.56. The van der Waals surface area contributed by atoms with Crippen molar-refractivity contribution in [3.8, 4) is 6.19 Å². The third kappa shape index (κ3) is 2.79. The Balaban J connectivity index is 1.93. The largest absolute Gasteiger partial charge is 0.364 e. The fraction of sp³-hybridized carbons (Fsp3) is 0.0588. The molecule has 6 heteroatoms. The molecule has 23 heavy (non-hydrogen) atoms. The van der Waals surface area contributed by atoms with Crippen molar-refractivity contribution in [2.24, 2.45) is 5.84 Å². The van der Waals surface area contributed by atoms with Crippen molar-refractivity contribution in [2.45, 2.75) is 6.17 Å². The van der Waals surface area contributed by atoms with Crippen LogP contribution < -0.4 is 21.5 Å². The Morgan fingerprint density at radius 1 is 1.22 bits per heavy atom. The minimum atomic E-state index is -0.423. The van der Waals surface area contributed by atoms with E-state index in [1.807, 2.05) is 36.5 Å². The molecule has 0 bridgehead atoms. The predicted octanol–water partition coefficient (Wildman–Crippen LogP) is 1.61. The predicted molar refractivity (Wildman–Crippen MR) is 87.2 cm³/mol. The van der Waals surface area contributed by atoms with Crippen LogP contribution in [0.1, 0.15) is 17.3 Å². The van der Waals surface area contributed by atoms with Crippen molar-refractivity contribution < 1.29 is 4.79 Å². The van der Waals surface area contributed by atoms with E-state index in [0.29, 0.717) is 11.4 Å². The van der Waals surface area contributed by atoms with Gasteiger partial charge in [0.1, 0.15) is 6.17 Å². The Morgan fingerprint density at radius 3 is 2.61 bits per heavy atom. The average Bonchev–Trinajstić information content (AvgIpc) is 2.94. The number of nitrogens with zero attached hydrogens (tertiary/aromatic N) is 2. The zero-order valence-electron chi connectivity index (χ0n) is 12.2. The first-order valence-corrected chi connectivity index (χ1v) is 7.07. The van der Waals surface area contributed by atoms with Gasteiger partial charge in [0.2, 0.25) is 0 Å². The third-order valence-corrected chi connectivity index (χ3v) is 3.63. The van der Waals surface area contributed by atoms with Crippen LogP contribution in [0.25, 0.3) is 5.70 Å². The van der Waals surface area contributed by atoms with E-state index in [0.717, 1.165) is 16.0 Å². The third-order valence-electron chi connectivity index (χ3n) is 3.63. The molecule has 0 fully saturated rings. The normalized spacial score (nSPS) is 17.2. The van der Waals surface area contributed by atoms with Gasteiger partial charge in [0, 0.05) is 17.3 Å². The number of carbonyl (C=O) groups is 1. The molecular weight excluding hydrogens is 290 g/mol. The number of benzene rings is 2. The molecule has 0 radical (unpaired) electrons. The number of rotatable bonds is 3. The average molecular weight is 305 g/mol. The second kappa shape index (κ2) is 6.32. The van der Waals surface area contributed by atoms with E-state index in [4.69, 9.17) is 5.84 Å². The summed E-state index contributed by atoms with van der Waals surface area (Å²) in [7, 11) is 0. The Hall–Kier alpha value is -3.14. The maximum absolute atomic E-state index is 12.5. The Bertz CT molecular complexity index is 794. The molecule has 4 N–H and O–H groups in total. The summed E-state index contributed by atoms with van der Waals surface area (Å²) in [5.74, 6) is 5.11. The number of anilines is 1. The number of hydrazine groups is 1. The van der Waals surface area contributed by atoms with Crippen LogP contribution in [-0.4, -0.2) is 5.91 Å². The highest BCUT2D eigenvalue weighted by atomic mass is 16.2. The van der Waals surface area contributed by atoms with Gasteiger partial charge in [-0.2, -0.15) is 5.26 Å². The zero-order chi connectivity index (χ0) is 16.2. The van der Waals surface area contributed by atoms with Gasteiger partial charge in [-0.15, -0.1) is 0 Å². The van der Waals surface area contributed by atoms with Gasteiger partial charge in [-0.05, 0) is 17.7 Å². The first-order chi connectivity index (χ1) is 11.2. The molecule has 2 aromatic rings. The van der Waals surface area contributed by atoms with Crippen molar-refractivity contribution in [1.82, 2.24) is 10.7 Å². The summed E-state index contributed by atoms with van der Waals surface area (Å²) in [6.45, 7) is 0. The summed E-state index contributed by atoms with van der Waals surface area (Å²) in [6, 6.07) is 16.4. The summed E-state index contributed by atoms with van der Waals surface area (Å²) >= 11 is 0. The molecule has 1 amide bonds. The maximum Gasteiger partial charge on any atom is 0.266 e. The number of nitriles is 1. The topological polar surface area (TPSA) is 94.2 Å². The van der Waals surface area contributed by atoms with Crippen molar-refractivity contribution in [3.05, 3.63) is 71.8 Å². The SMILES string of the molecule is N#CN(C(=O)/C=C1\NC(NN)c2ccccc21)c1ccccc1. The van der Waals surface area contributed by atoms with E-state index in [1.54, 1.807) is 24.3 Å². The van der Waals surface area contributed by atoms with E-state index in [1.165, 1.54) is 6.08 Å². The Kier molecular flexibility index (Phi) is 4.06. The molecule has 0 spiro atoms. The number of hydrogen-bond acceptors (Lipinski definition) is 5. The summed E-state index contributed by atoms with van der Waals surface area (Å²) in [5, 5.41) is 12.4. The van der Waals surface area contributed by atoms with Crippen LogP contribution in [0.5, 0.6) is 0 Å². The summed E-state index contributed by atoms with van der Waals surface area (Å²) in [6.07, 6.45) is 3.06. The van der Waals surface area contributed by atoms with Crippen LogP contribution in [0.4, 0.5) is 5.69 Å².